The molecule has 2 rings (SSSR count). The van der Waals surface area contributed by atoms with Crippen LogP contribution in [0.25, 0.3) is 0 Å². The molecule has 1 saturated heterocycles. The molecule has 1 aromatic carbocycles. The summed E-state index contributed by atoms with van der Waals surface area (Å²) in [6.45, 7) is 1.12. The second-order valence-corrected chi connectivity index (χ2v) is 6.99. The number of sulfonamides is 1. The van der Waals surface area contributed by atoms with Crippen LogP contribution >= 0.6 is 0 Å². The fourth-order valence-corrected chi connectivity index (χ4v) is 4.16. The van der Waals surface area contributed by atoms with Gasteiger partial charge in [0.2, 0.25) is 10.0 Å². The number of aliphatic hydroxyl groups is 1. The number of nitrogens with one attached hydrogen (secondary N) is 1. The minimum Gasteiger partial charge on any atom is -0.395 e. The monoisotopic (exact) mass is 329 g/mol. The Morgan fingerprint density at radius 2 is 1.95 bits per heavy atom. The summed E-state index contributed by atoms with van der Waals surface area (Å²) in [6, 6.07) is 5.55. The van der Waals surface area contributed by atoms with E-state index in [9.17, 15) is 18.5 Å². The highest BCUT2D eigenvalue weighted by molar-refractivity contribution is 7.89. The minimum atomic E-state index is -3.87. The van der Waals surface area contributed by atoms with Gasteiger partial charge in [-0.2, -0.15) is 4.31 Å². The SMILES string of the molecule is O=[N+]([O-])c1ccccc1S(=O)(=O)N1CCC(NCCO)CC1. The van der Waals surface area contributed by atoms with Gasteiger partial charge in [-0.1, -0.05) is 12.1 Å². The third-order valence-corrected chi connectivity index (χ3v) is 5.62. The van der Waals surface area contributed by atoms with E-state index < -0.39 is 20.6 Å². The second kappa shape index (κ2) is 7.14. The highest BCUT2D eigenvalue weighted by Crippen LogP contribution is 2.28. The van der Waals surface area contributed by atoms with Crippen LogP contribution < -0.4 is 5.32 Å². The average Bonchev–Trinajstić information content (AvgIpc) is 2.53. The molecule has 0 atom stereocenters. The standard InChI is InChI=1S/C13H19N3O5S/c17-10-7-14-11-5-8-15(9-6-11)22(20,21)13-4-2-1-3-12(13)16(18)19/h1-4,11,14,17H,5-10H2. The van der Waals surface area contributed by atoms with Crippen LogP contribution in [0.5, 0.6) is 0 Å². The summed E-state index contributed by atoms with van der Waals surface area (Å²) in [5.41, 5.74) is -0.400. The third-order valence-electron chi connectivity index (χ3n) is 3.68. The summed E-state index contributed by atoms with van der Waals surface area (Å²) in [5.74, 6) is 0. The lowest BCUT2D eigenvalue weighted by atomic mass is 10.1. The third kappa shape index (κ3) is 3.61. The van der Waals surface area contributed by atoms with Crippen LogP contribution in [-0.2, 0) is 10.0 Å². The van der Waals surface area contributed by atoms with Crippen molar-refractivity contribution in [3.8, 4) is 0 Å². The number of nitrogens with zero attached hydrogens (tertiary/aromatic N) is 2. The first kappa shape index (κ1) is 16.8. The van der Waals surface area contributed by atoms with E-state index >= 15 is 0 Å². The van der Waals surface area contributed by atoms with E-state index in [2.05, 4.69) is 5.32 Å². The second-order valence-electron chi connectivity index (χ2n) is 5.08. The number of nitro groups is 1. The molecule has 22 heavy (non-hydrogen) atoms. The maximum atomic E-state index is 12.6. The van der Waals surface area contributed by atoms with Gasteiger partial charge in [0.05, 0.1) is 11.5 Å². The predicted molar refractivity (Wildman–Crippen MR) is 80.0 cm³/mol. The molecule has 0 spiro atoms. The molecular formula is C13H19N3O5S. The lowest BCUT2D eigenvalue weighted by molar-refractivity contribution is -0.387. The number of rotatable bonds is 6. The van der Waals surface area contributed by atoms with Gasteiger partial charge < -0.3 is 10.4 Å². The van der Waals surface area contributed by atoms with Crippen LogP contribution in [0.1, 0.15) is 12.8 Å². The van der Waals surface area contributed by atoms with Crippen molar-refractivity contribution in [3.05, 3.63) is 34.4 Å². The van der Waals surface area contributed by atoms with E-state index in [4.69, 9.17) is 5.11 Å². The van der Waals surface area contributed by atoms with Crippen molar-refractivity contribution in [2.24, 2.45) is 0 Å². The largest absolute Gasteiger partial charge is 0.395 e. The molecule has 0 aromatic heterocycles. The molecule has 9 heteroatoms. The summed E-state index contributed by atoms with van der Waals surface area (Å²) in [4.78, 5) is 10.1. The van der Waals surface area contributed by atoms with E-state index in [0.717, 1.165) is 0 Å². The first-order valence-corrected chi connectivity index (χ1v) is 8.48. The molecule has 8 nitrogen and oxygen atoms in total. The van der Waals surface area contributed by atoms with Crippen molar-refractivity contribution in [3.63, 3.8) is 0 Å². The molecule has 0 radical (unpaired) electrons. The zero-order valence-electron chi connectivity index (χ0n) is 12.0. The number of hydrogen-bond donors (Lipinski definition) is 2. The molecule has 1 aliphatic rings. The maximum Gasteiger partial charge on any atom is 0.289 e. The van der Waals surface area contributed by atoms with Crippen molar-refractivity contribution in [2.75, 3.05) is 26.2 Å². The van der Waals surface area contributed by atoms with Crippen molar-refractivity contribution in [2.45, 2.75) is 23.8 Å². The van der Waals surface area contributed by atoms with Gasteiger partial charge >= 0.3 is 0 Å². The van der Waals surface area contributed by atoms with E-state index in [0.29, 0.717) is 32.5 Å². The van der Waals surface area contributed by atoms with Gasteiger partial charge in [0, 0.05) is 31.7 Å². The average molecular weight is 329 g/mol. The van der Waals surface area contributed by atoms with Gasteiger partial charge in [0.25, 0.3) is 5.69 Å². The normalized spacial score (nSPS) is 17.5. The van der Waals surface area contributed by atoms with Crippen LogP contribution in [0.15, 0.2) is 29.2 Å². The summed E-state index contributed by atoms with van der Waals surface area (Å²) in [7, 11) is -3.87. The van der Waals surface area contributed by atoms with Gasteiger partial charge in [-0.3, -0.25) is 10.1 Å². The van der Waals surface area contributed by atoms with Crippen molar-refractivity contribution < 1.29 is 18.4 Å². The van der Waals surface area contributed by atoms with E-state index in [1.165, 1.54) is 28.6 Å². The summed E-state index contributed by atoms with van der Waals surface area (Å²) in [6.07, 6.45) is 1.22. The Morgan fingerprint density at radius 1 is 1.32 bits per heavy atom. The number of nitro benzene ring substituents is 1. The summed E-state index contributed by atoms with van der Waals surface area (Å²) < 4.78 is 26.5. The molecule has 1 aromatic rings. The molecule has 0 aliphatic carbocycles. The number of benzene rings is 1. The van der Waals surface area contributed by atoms with Gasteiger partial charge in [0.15, 0.2) is 4.90 Å². The van der Waals surface area contributed by atoms with Gasteiger partial charge in [0.1, 0.15) is 0 Å². The van der Waals surface area contributed by atoms with Crippen molar-refractivity contribution in [1.82, 2.24) is 9.62 Å². The molecule has 122 valence electrons. The number of aliphatic hydroxyl groups excluding tert-OH is 1. The van der Waals surface area contributed by atoms with E-state index in [-0.39, 0.29) is 17.5 Å². The van der Waals surface area contributed by atoms with Crippen LogP contribution in [0.4, 0.5) is 5.69 Å². The van der Waals surface area contributed by atoms with Gasteiger partial charge in [-0.25, -0.2) is 8.42 Å². The Kier molecular flexibility index (Phi) is 5.46. The molecule has 0 amide bonds. The zero-order chi connectivity index (χ0) is 16.2. The predicted octanol–water partition coefficient (Wildman–Crippen LogP) is 0.330. The Hall–Kier alpha value is -1.55. The highest BCUT2D eigenvalue weighted by atomic mass is 32.2. The lowest BCUT2D eigenvalue weighted by Gasteiger charge is -2.31. The lowest BCUT2D eigenvalue weighted by Crippen LogP contribution is -2.45. The minimum absolute atomic E-state index is 0.0364. The van der Waals surface area contributed by atoms with Gasteiger partial charge in [-0.05, 0) is 18.9 Å². The summed E-state index contributed by atoms with van der Waals surface area (Å²) in [5, 5.41) is 22.9. The van der Waals surface area contributed by atoms with E-state index in [1.807, 2.05) is 0 Å². The number of para-hydroxylation sites is 1. The molecule has 0 unspecified atom stereocenters. The topological polar surface area (TPSA) is 113 Å². The molecule has 0 saturated carbocycles. The molecule has 2 N–H and O–H groups in total. The molecule has 1 aliphatic heterocycles. The molecular weight excluding hydrogens is 310 g/mol. The van der Waals surface area contributed by atoms with Crippen molar-refractivity contribution >= 4 is 15.7 Å². The zero-order valence-corrected chi connectivity index (χ0v) is 12.8. The van der Waals surface area contributed by atoms with Crippen LogP contribution in [0.3, 0.4) is 0 Å². The Morgan fingerprint density at radius 3 is 2.55 bits per heavy atom. The van der Waals surface area contributed by atoms with Crippen LogP contribution in [0, 0.1) is 10.1 Å². The van der Waals surface area contributed by atoms with E-state index in [1.54, 1.807) is 0 Å². The highest BCUT2D eigenvalue weighted by Gasteiger charge is 2.33. The molecule has 0 bridgehead atoms. The number of hydrogen-bond acceptors (Lipinski definition) is 6. The van der Waals surface area contributed by atoms with Crippen molar-refractivity contribution in [1.29, 1.82) is 0 Å². The van der Waals surface area contributed by atoms with Crippen LogP contribution in [0.2, 0.25) is 0 Å². The maximum absolute atomic E-state index is 12.6. The molecule has 1 heterocycles. The molecule has 1 fully saturated rings. The first-order valence-electron chi connectivity index (χ1n) is 7.04. The Labute approximate surface area is 128 Å². The Bertz CT molecular complexity index is 626. The fourth-order valence-electron chi connectivity index (χ4n) is 2.53. The summed E-state index contributed by atoms with van der Waals surface area (Å²) >= 11 is 0. The quantitative estimate of drug-likeness (QED) is 0.574. The first-order chi connectivity index (χ1) is 10.5. The van der Waals surface area contributed by atoms with Crippen LogP contribution in [-0.4, -0.2) is 55.0 Å². The fraction of sp³-hybridized carbons (Fsp3) is 0.538. The Balaban J connectivity index is 2.14. The smallest absolute Gasteiger partial charge is 0.289 e. The van der Waals surface area contributed by atoms with Gasteiger partial charge in [-0.15, -0.1) is 0 Å². The number of piperidine rings is 1.